The molecular weight excluding hydrogens is 756 g/mol. The van der Waals surface area contributed by atoms with Gasteiger partial charge in [-0.3, -0.25) is 0 Å². The second kappa shape index (κ2) is 14.3. The maximum absolute atomic E-state index is 14.2. The Morgan fingerprint density at radius 2 is 0.935 bits per heavy atom. The van der Waals surface area contributed by atoms with Crippen molar-refractivity contribution in [3.05, 3.63) is 265 Å². The number of benzene rings is 10. The van der Waals surface area contributed by atoms with Gasteiger partial charge in [0.2, 0.25) is 0 Å². The molecule has 2 nitrogen and oxygen atoms in total. The van der Waals surface area contributed by atoms with Gasteiger partial charge in [0.1, 0.15) is 5.82 Å². The number of para-hydroxylation sites is 2. The summed E-state index contributed by atoms with van der Waals surface area (Å²) in [5, 5.41) is 4.66. The van der Waals surface area contributed by atoms with Crippen molar-refractivity contribution >= 4 is 49.6 Å². The zero-order valence-corrected chi connectivity index (χ0v) is 33.8. The standard InChI is InChI=1S/C59H39FN2/c60-43-29-31-45(32-30-43)61(44-20-8-3-9-21-44)57-37-35-47(48-22-10-11-24-51(48)57)40-28-36-58-53(38-40)52-25-13-15-27-56(52)62(58)46-33-34-50-49-23-12-14-26-54(49)59(55(50)39-46,41-16-4-1-5-17-41)42-18-6-2-7-19-42/h1-39H. The van der Waals surface area contributed by atoms with Gasteiger partial charge in [-0.2, -0.15) is 0 Å². The molecule has 11 aromatic rings. The number of nitrogens with zero attached hydrogens (tertiary/aromatic N) is 2. The van der Waals surface area contributed by atoms with Crippen molar-refractivity contribution in [3.8, 4) is 27.9 Å². The van der Waals surface area contributed by atoms with Crippen LogP contribution in [0.15, 0.2) is 237 Å². The number of hydrogen-bond acceptors (Lipinski definition) is 1. The molecule has 292 valence electrons. The van der Waals surface area contributed by atoms with Crippen LogP contribution in [0.4, 0.5) is 21.5 Å². The van der Waals surface area contributed by atoms with E-state index in [1.165, 1.54) is 56.3 Å². The molecule has 62 heavy (non-hydrogen) atoms. The predicted molar refractivity (Wildman–Crippen MR) is 256 cm³/mol. The summed E-state index contributed by atoms with van der Waals surface area (Å²) in [5.74, 6) is -0.257. The lowest BCUT2D eigenvalue weighted by atomic mass is 9.67. The van der Waals surface area contributed by atoms with Crippen molar-refractivity contribution < 1.29 is 4.39 Å². The summed E-state index contributed by atoms with van der Waals surface area (Å²) < 4.78 is 16.6. The van der Waals surface area contributed by atoms with Crippen molar-refractivity contribution in [2.24, 2.45) is 0 Å². The maximum Gasteiger partial charge on any atom is 0.123 e. The second-order valence-corrected chi connectivity index (χ2v) is 16.2. The molecular formula is C59H39FN2. The minimum absolute atomic E-state index is 0.257. The largest absolute Gasteiger partial charge is 0.310 e. The monoisotopic (exact) mass is 794 g/mol. The van der Waals surface area contributed by atoms with Crippen molar-refractivity contribution in [1.29, 1.82) is 0 Å². The molecule has 1 aliphatic carbocycles. The Bertz CT molecular complexity index is 3420. The van der Waals surface area contributed by atoms with E-state index in [1.54, 1.807) is 0 Å². The molecule has 0 atom stereocenters. The predicted octanol–water partition coefficient (Wildman–Crippen LogP) is 15.6. The van der Waals surface area contributed by atoms with E-state index in [9.17, 15) is 4.39 Å². The third-order valence-electron chi connectivity index (χ3n) is 12.9. The summed E-state index contributed by atoms with van der Waals surface area (Å²) >= 11 is 0. The lowest BCUT2D eigenvalue weighted by Gasteiger charge is -2.34. The number of fused-ring (bicyclic) bond motifs is 7. The highest BCUT2D eigenvalue weighted by Gasteiger charge is 2.46. The summed E-state index contributed by atoms with van der Waals surface area (Å²) in [5.41, 5.74) is 15.8. The molecule has 0 spiro atoms. The SMILES string of the molecule is Fc1ccc(N(c2ccccc2)c2ccc(-c3ccc4c(c3)c3ccccc3n4-c3ccc4c(c3)C(c3ccccc3)(c3ccccc3)c3ccccc3-4)c3ccccc23)cc1. The summed E-state index contributed by atoms with van der Waals surface area (Å²) in [7, 11) is 0. The average molecular weight is 795 g/mol. The highest BCUT2D eigenvalue weighted by atomic mass is 19.1. The highest BCUT2D eigenvalue weighted by molar-refractivity contribution is 6.12. The fourth-order valence-corrected chi connectivity index (χ4v) is 10.3. The van der Waals surface area contributed by atoms with Gasteiger partial charge >= 0.3 is 0 Å². The topological polar surface area (TPSA) is 8.17 Å². The Hall–Kier alpha value is -8.01. The Labute approximate surface area is 360 Å². The van der Waals surface area contributed by atoms with E-state index >= 15 is 0 Å². The van der Waals surface area contributed by atoms with Gasteiger partial charge in [0.25, 0.3) is 0 Å². The molecule has 0 aliphatic heterocycles. The second-order valence-electron chi connectivity index (χ2n) is 16.2. The molecule has 12 rings (SSSR count). The normalized spacial score (nSPS) is 12.7. The van der Waals surface area contributed by atoms with Crippen molar-refractivity contribution in [3.63, 3.8) is 0 Å². The molecule has 0 saturated heterocycles. The van der Waals surface area contributed by atoms with Gasteiger partial charge < -0.3 is 9.47 Å². The first-order chi connectivity index (χ1) is 30.7. The summed E-state index contributed by atoms with van der Waals surface area (Å²) in [6.45, 7) is 0. The first-order valence-corrected chi connectivity index (χ1v) is 21.2. The molecule has 0 bridgehead atoms. The van der Waals surface area contributed by atoms with Gasteiger partial charge in [0.15, 0.2) is 0 Å². The minimum atomic E-state index is -0.490. The van der Waals surface area contributed by atoms with E-state index in [1.807, 2.05) is 30.3 Å². The van der Waals surface area contributed by atoms with E-state index in [2.05, 4.69) is 204 Å². The first kappa shape index (κ1) is 35.9. The molecule has 0 unspecified atom stereocenters. The molecule has 1 aliphatic rings. The van der Waals surface area contributed by atoms with E-state index in [0.29, 0.717) is 0 Å². The summed E-state index contributed by atoms with van der Waals surface area (Å²) in [4.78, 5) is 2.21. The first-order valence-electron chi connectivity index (χ1n) is 21.2. The number of rotatable bonds is 7. The number of hydrogen-bond donors (Lipinski definition) is 0. The van der Waals surface area contributed by atoms with Crippen LogP contribution >= 0.6 is 0 Å². The smallest absolute Gasteiger partial charge is 0.123 e. The highest BCUT2D eigenvalue weighted by Crippen LogP contribution is 2.56. The van der Waals surface area contributed by atoms with Crippen LogP contribution in [-0.2, 0) is 5.41 Å². The van der Waals surface area contributed by atoms with Crippen LogP contribution in [-0.4, -0.2) is 4.57 Å². The Kier molecular flexibility index (Phi) is 8.29. The van der Waals surface area contributed by atoms with Gasteiger partial charge in [0.05, 0.1) is 22.1 Å². The van der Waals surface area contributed by atoms with Crippen LogP contribution in [0.5, 0.6) is 0 Å². The molecule has 0 amide bonds. The van der Waals surface area contributed by atoms with Crippen molar-refractivity contribution in [1.82, 2.24) is 4.57 Å². The van der Waals surface area contributed by atoms with Crippen molar-refractivity contribution in [2.75, 3.05) is 4.90 Å². The molecule has 1 heterocycles. The molecule has 0 radical (unpaired) electrons. The molecule has 10 aromatic carbocycles. The Balaban J connectivity index is 1.04. The third-order valence-corrected chi connectivity index (χ3v) is 12.9. The van der Waals surface area contributed by atoms with E-state index in [4.69, 9.17) is 0 Å². The summed E-state index contributed by atoms with van der Waals surface area (Å²) in [6.07, 6.45) is 0. The Morgan fingerprint density at radius 3 is 1.68 bits per heavy atom. The van der Waals surface area contributed by atoms with Gasteiger partial charge in [-0.1, -0.05) is 164 Å². The molecule has 3 heteroatoms. The lowest BCUT2D eigenvalue weighted by Crippen LogP contribution is -2.28. The van der Waals surface area contributed by atoms with Gasteiger partial charge in [-0.05, 0) is 123 Å². The molecule has 0 fully saturated rings. The molecule has 1 aromatic heterocycles. The quantitative estimate of drug-likeness (QED) is 0.156. The van der Waals surface area contributed by atoms with Crippen LogP contribution in [0.25, 0.3) is 60.5 Å². The van der Waals surface area contributed by atoms with Gasteiger partial charge in [0, 0.05) is 33.2 Å². The molecule has 0 N–H and O–H groups in total. The van der Waals surface area contributed by atoms with Crippen LogP contribution in [0, 0.1) is 5.82 Å². The van der Waals surface area contributed by atoms with Crippen LogP contribution in [0.3, 0.4) is 0 Å². The van der Waals surface area contributed by atoms with E-state index < -0.39 is 5.41 Å². The van der Waals surface area contributed by atoms with E-state index in [0.717, 1.165) is 55.7 Å². The summed E-state index contributed by atoms with van der Waals surface area (Å²) in [6, 6.07) is 83.8. The van der Waals surface area contributed by atoms with Crippen LogP contribution in [0.1, 0.15) is 22.3 Å². The zero-order chi connectivity index (χ0) is 41.2. The van der Waals surface area contributed by atoms with Crippen LogP contribution < -0.4 is 4.90 Å². The maximum atomic E-state index is 14.2. The minimum Gasteiger partial charge on any atom is -0.310 e. The number of anilines is 3. The fourth-order valence-electron chi connectivity index (χ4n) is 10.3. The molecule has 0 saturated carbocycles. The van der Waals surface area contributed by atoms with E-state index in [-0.39, 0.29) is 5.82 Å². The van der Waals surface area contributed by atoms with Gasteiger partial charge in [-0.15, -0.1) is 0 Å². The lowest BCUT2D eigenvalue weighted by molar-refractivity contribution is 0.628. The number of aromatic nitrogens is 1. The van der Waals surface area contributed by atoms with Gasteiger partial charge in [-0.25, -0.2) is 4.39 Å². The van der Waals surface area contributed by atoms with Crippen LogP contribution in [0.2, 0.25) is 0 Å². The number of halogens is 1. The zero-order valence-electron chi connectivity index (χ0n) is 33.8. The Morgan fingerprint density at radius 1 is 0.371 bits per heavy atom. The average Bonchev–Trinajstić information content (AvgIpc) is 3.83. The fraction of sp³-hybridized carbons (Fsp3) is 0.0169. The third kappa shape index (κ3) is 5.42. The van der Waals surface area contributed by atoms with Crippen molar-refractivity contribution in [2.45, 2.75) is 5.41 Å².